The minimum Gasteiger partial charge on any atom is -0.454 e. The second-order valence-corrected chi connectivity index (χ2v) is 8.71. The van der Waals surface area contributed by atoms with E-state index in [9.17, 15) is 14.9 Å². The van der Waals surface area contributed by atoms with Gasteiger partial charge in [0.1, 0.15) is 16.8 Å². The molecule has 5 aromatic rings. The van der Waals surface area contributed by atoms with Gasteiger partial charge < -0.3 is 19.8 Å². The van der Waals surface area contributed by atoms with Gasteiger partial charge in [-0.2, -0.15) is 9.78 Å². The Balaban J connectivity index is 1.31. The van der Waals surface area contributed by atoms with Gasteiger partial charge in [-0.25, -0.2) is 4.68 Å². The maximum atomic E-state index is 12.8. The summed E-state index contributed by atoms with van der Waals surface area (Å²) in [6.45, 7) is 0.381. The Bertz CT molecular complexity index is 1520. The van der Waals surface area contributed by atoms with Crippen LogP contribution in [0.3, 0.4) is 0 Å². The average molecular weight is 547 g/mol. The van der Waals surface area contributed by atoms with E-state index in [1.807, 2.05) is 66.9 Å². The van der Waals surface area contributed by atoms with E-state index in [1.54, 1.807) is 16.8 Å². The predicted molar refractivity (Wildman–Crippen MR) is 135 cm³/mol. The van der Waals surface area contributed by atoms with Gasteiger partial charge in [-0.3, -0.25) is 4.79 Å². The number of para-hydroxylation sites is 1. The molecule has 0 unspecified atom stereocenters. The molecule has 0 radical (unpaired) electrons. The topological polar surface area (TPSA) is 121 Å². The molecule has 3 heterocycles. The molecule has 1 amide bonds. The molecule has 0 aliphatic rings. The van der Waals surface area contributed by atoms with Crippen molar-refractivity contribution in [3.63, 3.8) is 0 Å². The lowest BCUT2D eigenvalue weighted by molar-refractivity contribution is -0.390. The fourth-order valence-electron chi connectivity index (χ4n) is 3.69. The Labute approximate surface area is 213 Å². The van der Waals surface area contributed by atoms with Crippen LogP contribution in [0.15, 0.2) is 94.1 Å². The highest BCUT2D eigenvalue weighted by Crippen LogP contribution is 2.25. The summed E-state index contributed by atoms with van der Waals surface area (Å²) < 4.78 is 9.08. The van der Waals surface area contributed by atoms with Crippen molar-refractivity contribution >= 4 is 27.7 Å². The first-order valence-corrected chi connectivity index (χ1v) is 11.7. The van der Waals surface area contributed by atoms with Gasteiger partial charge in [0.25, 0.3) is 5.91 Å². The number of halogens is 1. The van der Waals surface area contributed by atoms with Gasteiger partial charge in [-0.1, -0.05) is 48.5 Å². The van der Waals surface area contributed by atoms with Crippen molar-refractivity contribution in [2.75, 3.05) is 0 Å². The van der Waals surface area contributed by atoms with Crippen LogP contribution in [0, 0.1) is 10.1 Å². The third-order valence-corrected chi connectivity index (χ3v) is 5.93. The highest BCUT2D eigenvalue weighted by atomic mass is 79.9. The molecular formula is C25H19BrN6O4. The average Bonchev–Trinajstić information content (AvgIpc) is 3.62. The van der Waals surface area contributed by atoms with E-state index in [2.05, 4.69) is 26.3 Å². The van der Waals surface area contributed by atoms with Crippen molar-refractivity contribution in [2.24, 2.45) is 0 Å². The van der Waals surface area contributed by atoms with Gasteiger partial charge in [0.05, 0.1) is 22.7 Å². The van der Waals surface area contributed by atoms with E-state index in [-0.39, 0.29) is 35.0 Å². The molecule has 10 nitrogen and oxygen atoms in total. The Morgan fingerprint density at radius 2 is 1.72 bits per heavy atom. The van der Waals surface area contributed by atoms with Crippen LogP contribution in [0.5, 0.6) is 0 Å². The van der Waals surface area contributed by atoms with E-state index in [0.717, 1.165) is 22.5 Å². The molecule has 0 fully saturated rings. The summed E-state index contributed by atoms with van der Waals surface area (Å²) in [4.78, 5) is 23.2. The first-order chi connectivity index (χ1) is 17.5. The highest BCUT2D eigenvalue weighted by molar-refractivity contribution is 9.10. The van der Waals surface area contributed by atoms with E-state index in [0.29, 0.717) is 5.76 Å². The molecular weight excluding hydrogens is 528 g/mol. The van der Waals surface area contributed by atoms with Gasteiger partial charge in [0.2, 0.25) is 0 Å². The Hall–Kier alpha value is -4.51. The van der Waals surface area contributed by atoms with Crippen LogP contribution in [0.2, 0.25) is 0 Å². The summed E-state index contributed by atoms with van der Waals surface area (Å²) in [5.41, 5.74) is 3.47. The van der Waals surface area contributed by atoms with Crippen LogP contribution < -0.4 is 5.32 Å². The van der Waals surface area contributed by atoms with Crippen LogP contribution >= 0.6 is 15.9 Å². The molecule has 180 valence electrons. The summed E-state index contributed by atoms with van der Waals surface area (Å²) in [5.74, 6) is -0.112. The quantitative estimate of drug-likeness (QED) is 0.216. The molecule has 1 N–H and O–H groups in total. The lowest BCUT2D eigenvalue weighted by Crippen LogP contribution is -2.22. The van der Waals surface area contributed by atoms with E-state index < -0.39 is 4.92 Å². The molecule has 0 aliphatic carbocycles. The zero-order valence-corrected chi connectivity index (χ0v) is 20.3. The van der Waals surface area contributed by atoms with Gasteiger partial charge in [-0.05, 0) is 45.1 Å². The minimum atomic E-state index is -0.578. The fourth-order valence-corrected chi connectivity index (χ4v) is 4.15. The summed E-state index contributed by atoms with van der Waals surface area (Å²) in [7, 11) is 0. The molecule has 11 heteroatoms. The first kappa shape index (κ1) is 23.2. The third-order valence-electron chi connectivity index (χ3n) is 5.37. The van der Waals surface area contributed by atoms with Crippen LogP contribution in [-0.2, 0) is 13.1 Å². The number of hydrogen-bond acceptors (Lipinski definition) is 6. The van der Waals surface area contributed by atoms with Gasteiger partial charge >= 0.3 is 5.82 Å². The van der Waals surface area contributed by atoms with Crippen LogP contribution in [0.25, 0.3) is 16.9 Å². The number of amides is 1. The van der Waals surface area contributed by atoms with E-state index in [4.69, 9.17) is 9.52 Å². The van der Waals surface area contributed by atoms with Gasteiger partial charge in [-0.15, -0.1) is 0 Å². The van der Waals surface area contributed by atoms with Crippen molar-refractivity contribution in [2.45, 2.75) is 13.1 Å². The molecule has 5 rings (SSSR count). The predicted octanol–water partition coefficient (Wildman–Crippen LogP) is 4.98. The van der Waals surface area contributed by atoms with Crippen molar-refractivity contribution in [3.05, 3.63) is 117 Å². The Kier molecular flexibility index (Phi) is 6.46. The normalized spacial score (nSPS) is 10.9. The number of furan rings is 1. The Morgan fingerprint density at radius 1 is 1.00 bits per heavy atom. The van der Waals surface area contributed by atoms with Crippen molar-refractivity contribution in [1.29, 1.82) is 0 Å². The summed E-state index contributed by atoms with van der Waals surface area (Å²) in [6.07, 6.45) is 3.38. The van der Waals surface area contributed by atoms with E-state index >= 15 is 0 Å². The fraction of sp³-hybridized carbons (Fsp3) is 0.0800. The monoisotopic (exact) mass is 546 g/mol. The first-order valence-electron chi connectivity index (χ1n) is 10.9. The SMILES string of the molecule is O=C(NCc1cn(-c2ccccc2)nc1-c1ccccc1)c1ccc(Cn2cc(Br)c([N+](=O)[O-])n2)o1. The number of rotatable bonds is 8. The second-order valence-electron chi connectivity index (χ2n) is 7.85. The number of benzene rings is 2. The lowest BCUT2D eigenvalue weighted by Gasteiger charge is -2.04. The number of carbonyl (C=O) groups excluding carboxylic acids is 1. The number of carbonyl (C=O) groups is 1. The minimum absolute atomic E-state index is 0.127. The molecule has 0 spiro atoms. The number of nitro groups is 1. The largest absolute Gasteiger partial charge is 0.454 e. The van der Waals surface area contributed by atoms with E-state index in [1.165, 1.54) is 10.9 Å². The standard InChI is InChI=1S/C25H19BrN6O4/c26-21-16-30(29-24(21)32(34)35)15-20-11-12-22(36-20)25(33)27-13-18-14-31(19-9-5-2-6-10-19)28-23(18)17-7-3-1-4-8-17/h1-12,14,16H,13,15H2,(H,27,33). The Morgan fingerprint density at radius 3 is 2.42 bits per heavy atom. The molecule has 0 atom stereocenters. The van der Waals surface area contributed by atoms with Gasteiger partial charge in [0.15, 0.2) is 5.76 Å². The maximum Gasteiger partial charge on any atom is 0.404 e. The molecule has 2 aromatic carbocycles. The zero-order chi connectivity index (χ0) is 25.1. The number of nitrogens with zero attached hydrogens (tertiary/aromatic N) is 5. The van der Waals surface area contributed by atoms with Crippen molar-refractivity contribution in [3.8, 4) is 16.9 Å². The number of aromatic nitrogens is 4. The molecule has 0 saturated heterocycles. The van der Waals surface area contributed by atoms with Crippen molar-refractivity contribution < 1.29 is 14.1 Å². The summed E-state index contributed by atoms with van der Waals surface area (Å²) in [5, 5.41) is 22.5. The van der Waals surface area contributed by atoms with Crippen molar-refractivity contribution in [1.82, 2.24) is 24.9 Å². The summed E-state index contributed by atoms with van der Waals surface area (Å²) >= 11 is 3.11. The molecule has 0 aliphatic heterocycles. The number of nitrogens with one attached hydrogen (secondary N) is 1. The second kappa shape index (κ2) is 10.0. The smallest absolute Gasteiger partial charge is 0.404 e. The maximum absolute atomic E-state index is 12.8. The summed E-state index contributed by atoms with van der Waals surface area (Å²) in [6, 6.07) is 22.7. The molecule has 0 bridgehead atoms. The molecule has 3 aromatic heterocycles. The highest BCUT2D eigenvalue weighted by Gasteiger charge is 2.20. The van der Waals surface area contributed by atoms with Crippen LogP contribution in [0.1, 0.15) is 21.9 Å². The molecule has 36 heavy (non-hydrogen) atoms. The van der Waals surface area contributed by atoms with Crippen LogP contribution in [-0.4, -0.2) is 30.4 Å². The molecule has 0 saturated carbocycles. The van der Waals surface area contributed by atoms with Gasteiger partial charge in [0, 0.05) is 23.9 Å². The number of hydrogen-bond donors (Lipinski definition) is 1. The van der Waals surface area contributed by atoms with Crippen LogP contribution in [0.4, 0.5) is 5.82 Å². The zero-order valence-electron chi connectivity index (χ0n) is 18.7. The third kappa shape index (κ3) is 4.96. The lowest BCUT2D eigenvalue weighted by atomic mass is 10.1.